The van der Waals surface area contributed by atoms with Crippen molar-refractivity contribution >= 4 is 17.1 Å². The molecule has 104 valence electrons. The molecule has 0 spiro atoms. The Labute approximate surface area is 122 Å². The Balaban J connectivity index is 2.01. The second kappa shape index (κ2) is 4.04. The number of rotatable bonds is 0. The molecule has 1 aromatic rings. The zero-order valence-electron chi connectivity index (χ0n) is 11.8. The highest BCUT2D eigenvalue weighted by molar-refractivity contribution is 6.54. The van der Waals surface area contributed by atoms with Crippen molar-refractivity contribution in [3.8, 4) is 0 Å². The van der Waals surface area contributed by atoms with Crippen molar-refractivity contribution in [2.75, 3.05) is 0 Å². The third-order valence-corrected chi connectivity index (χ3v) is 4.52. The Morgan fingerprint density at radius 3 is 2.76 bits per heavy atom. The molecule has 0 aromatic carbocycles. The summed E-state index contributed by atoms with van der Waals surface area (Å²) in [6.07, 6.45) is 11.6. The lowest BCUT2D eigenvalue weighted by molar-refractivity contribution is -0.111. The number of fused-ring (bicyclic) bond motifs is 4. The van der Waals surface area contributed by atoms with Gasteiger partial charge in [0.2, 0.25) is 11.6 Å². The number of aryl methyl sites for hydroxylation is 1. The number of ketones is 2. The van der Waals surface area contributed by atoms with E-state index >= 15 is 0 Å². The highest BCUT2D eigenvalue weighted by Gasteiger charge is 2.40. The highest BCUT2D eigenvalue weighted by atomic mass is 16.3. The van der Waals surface area contributed by atoms with Crippen LogP contribution in [-0.2, 0) is 4.79 Å². The molecule has 0 bridgehead atoms. The zero-order valence-corrected chi connectivity index (χ0v) is 11.8. The van der Waals surface area contributed by atoms with E-state index in [1.807, 2.05) is 18.2 Å². The number of allylic oxidation sites excluding steroid dienone is 8. The third kappa shape index (κ3) is 1.49. The lowest BCUT2D eigenvalue weighted by atomic mass is 9.71. The minimum Gasteiger partial charge on any atom is -0.463 e. The molecule has 2 unspecified atom stereocenters. The summed E-state index contributed by atoms with van der Waals surface area (Å²) in [6, 6.07) is 0. The Kier molecular flexibility index (Phi) is 2.37. The van der Waals surface area contributed by atoms with E-state index in [1.54, 1.807) is 13.2 Å². The second-order valence-electron chi connectivity index (χ2n) is 5.82. The number of carbonyl (C=O) groups is 2. The molecule has 0 N–H and O–H groups in total. The first-order chi connectivity index (χ1) is 10.1. The Morgan fingerprint density at radius 2 is 1.95 bits per heavy atom. The zero-order chi connectivity index (χ0) is 14.7. The van der Waals surface area contributed by atoms with Gasteiger partial charge in [0.1, 0.15) is 5.76 Å². The summed E-state index contributed by atoms with van der Waals surface area (Å²) in [6.45, 7) is 3.90. The lowest BCUT2D eigenvalue weighted by Crippen LogP contribution is -2.29. The summed E-state index contributed by atoms with van der Waals surface area (Å²) in [5.41, 5.74) is 3.33. The molecule has 0 fully saturated rings. The molecular weight excluding hydrogens is 264 g/mol. The van der Waals surface area contributed by atoms with E-state index in [4.69, 9.17) is 4.42 Å². The number of furan rings is 1. The summed E-state index contributed by atoms with van der Waals surface area (Å²) in [5, 5.41) is 0. The van der Waals surface area contributed by atoms with E-state index in [0.717, 1.165) is 16.7 Å². The normalized spacial score (nSPS) is 26.5. The minimum absolute atomic E-state index is 0.156. The van der Waals surface area contributed by atoms with E-state index in [1.165, 1.54) is 0 Å². The van der Waals surface area contributed by atoms with Crippen LogP contribution in [0.25, 0.3) is 5.57 Å². The van der Waals surface area contributed by atoms with Crippen molar-refractivity contribution in [1.82, 2.24) is 0 Å². The van der Waals surface area contributed by atoms with Gasteiger partial charge >= 0.3 is 0 Å². The summed E-state index contributed by atoms with van der Waals surface area (Å²) in [4.78, 5) is 25.0. The van der Waals surface area contributed by atoms with E-state index in [9.17, 15) is 9.59 Å². The van der Waals surface area contributed by atoms with Crippen LogP contribution < -0.4 is 0 Å². The van der Waals surface area contributed by atoms with Crippen LogP contribution in [0.4, 0.5) is 0 Å². The van der Waals surface area contributed by atoms with Crippen molar-refractivity contribution in [2.24, 2.45) is 11.8 Å². The molecular formula is C18H14O3. The van der Waals surface area contributed by atoms with Gasteiger partial charge in [-0.05, 0) is 24.0 Å². The van der Waals surface area contributed by atoms with E-state index in [-0.39, 0.29) is 5.92 Å². The number of hydrogen-bond donors (Lipinski definition) is 0. The first kappa shape index (κ1) is 12.3. The molecule has 0 saturated heterocycles. The van der Waals surface area contributed by atoms with Crippen molar-refractivity contribution in [3.63, 3.8) is 0 Å². The van der Waals surface area contributed by atoms with Crippen LogP contribution in [0.1, 0.15) is 28.6 Å². The Hall–Kier alpha value is -2.42. The monoisotopic (exact) mass is 278 g/mol. The average molecular weight is 278 g/mol. The van der Waals surface area contributed by atoms with Crippen LogP contribution in [0, 0.1) is 18.8 Å². The van der Waals surface area contributed by atoms with Gasteiger partial charge in [0.05, 0.1) is 11.8 Å². The maximum Gasteiger partial charge on any atom is 0.237 e. The lowest BCUT2D eigenvalue weighted by Gasteiger charge is -2.31. The molecule has 4 rings (SSSR count). The first-order valence-corrected chi connectivity index (χ1v) is 7.08. The van der Waals surface area contributed by atoms with Gasteiger partial charge in [-0.15, -0.1) is 0 Å². The molecule has 1 aromatic heterocycles. The summed E-state index contributed by atoms with van der Waals surface area (Å²) in [5.74, 6) is 0.142. The maximum absolute atomic E-state index is 12.6. The van der Waals surface area contributed by atoms with Crippen LogP contribution >= 0.6 is 0 Å². The number of carbonyl (C=O) groups excluding carboxylic acids is 2. The number of hydrogen-bond acceptors (Lipinski definition) is 3. The fourth-order valence-electron chi connectivity index (χ4n) is 3.41. The molecule has 1 heterocycles. The van der Waals surface area contributed by atoms with Crippen LogP contribution in [0.3, 0.4) is 0 Å². The van der Waals surface area contributed by atoms with E-state index < -0.39 is 11.6 Å². The third-order valence-electron chi connectivity index (χ3n) is 4.52. The smallest absolute Gasteiger partial charge is 0.237 e. The van der Waals surface area contributed by atoms with Gasteiger partial charge in [0.15, 0.2) is 0 Å². The molecule has 0 radical (unpaired) electrons. The van der Waals surface area contributed by atoms with E-state index in [2.05, 4.69) is 19.1 Å². The van der Waals surface area contributed by atoms with Crippen molar-refractivity contribution < 1.29 is 14.0 Å². The van der Waals surface area contributed by atoms with Crippen LogP contribution in [0.2, 0.25) is 0 Å². The molecule has 0 amide bonds. The fourth-order valence-corrected chi connectivity index (χ4v) is 3.41. The maximum atomic E-state index is 12.6. The molecule has 3 heteroatoms. The van der Waals surface area contributed by atoms with Gasteiger partial charge < -0.3 is 4.42 Å². The van der Waals surface area contributed by atoms with Crippen LogP contribution in [0.15, 0.2) is 52.2 Å². The first-order valence-electron chi connectivity index (χ1n) is 7.08. The standard InChI is InChI=1S/C18H14O3/c1-9-4-3-5-12-11(9)6-7-13-15(12)17(20)16(19)14-10(2)8-21-18(13)14/h3-9,11H,1-2H3. The van der Waals surface area contributed by atoms with Crippen molar-refractivity contribution in [2.45, 2.75) is 13.8 Å². The molecule has 2 atom stereocenters. The Morgan fingerprint density at radius 1 is 1.14 bits per heavy atom. The van der Waals surface area contributed by atoms with Crippen molar-refractivity contribution in [3.05, 3.63) is 64.7 Å². The second-order valence-corrected chi connectivity index (χ2v) is 5.82. The van der Waals surface area contributed by atoms with Gasteiger partial charge in [-0.1, -0.05) is 37.3 Å². The minimum atomic E-state index is -0.452. The average Bonchev–Trinajstić information content (AvgIpc) is 2.86. The predicted molar refractivity (Wildman–Crippen MR) is 78.7 cm³/mol. The van der Waals surface area contributed by atoms with Crippen LogP contribution in [0.5, 0.6) is 0 Å². The molecule has 0 aliphatic heterocycles. The van der Waals surface area contributed by atoms with Gasteiger partial charge in [0, 0.05) is 17.1 Å². The predicted octanol–water partition coefficient (Wildman–Crippen LogP) is 3.43. The summed E-state index contributed by atoms with van der Waals surface area (Å²) >= 11 is 0. The molecule has 3 nitrogen and oxygen atoms in total. The van der Waals surface area contributed by atoms with Gasteiger partial charge in [-0.2, -0.15) is 0 Å². The SMILES string of the molecule is Cc1coc2c1C(=O)C(=O)C1=C2C=CC2C1=CC=CC2C. The quantitative estimate of drug-likeness (QED) is 0.683. The highest BCUT2D eigenvalue weighted by Crippen LogP contribution is 2.44. The van der Waals surface area contributed by atoms with Gasteiger partial charge in [-0.25, -0.2) is 0 Å². The van der Waals surface area contributed by atoms with Crippen LogP contribution in [-0.4, -0.2) is 11.6 Å². The van der Waals surface area contributed by atoms with E-state index in [0.29, 0.717) is 22.8 Å². The molecule has 3 aliphatic carbocycles. The largest absolute Gasteiger partial charge is 0.463 e. The Bertz CT molecular complexity index is 812. The van der Waals surface area contributed by atoms with Gasteiger partial charge in [-0.3, -0.25) is 9.59 Å². The topological polar surface area (TPSA) is 47.3 Å². The van der Waals surface area contributed by atoms with Crippen molar-refractivity contribution in [1.29, 1.82) is 0 Å². The number of Topliss-reactive ketones (excluding diaryl/α,β-unsaturated/α-hetero) is 2. The fraction of sp³-hybridized carbons (Fsp3) is 0.222. The molecule has 21 heavy (non-hydrogen) atoms. The summed E-state index contributed by atoms with van der Waals surface area (Å²) in [7, 11) is 0. The molecule has 3 aliphatic rings. The summed E-state index contributed by atoms with van der Waals surface area (Å²) < 4.78 is 5.55. The van der Waals surface area contributed by atoms with Gasteiger partial charge in [0.25, 0.3) is 0 Å². The molecule has 0 saturated carbocycles.